The number of anilines is 1. The van der Waals surface area contributed by atoms with Crippen molar-refractivity contribution in [3.05, 3.63) is 87.4 Å². The topological polar surface area (TPSA) is 46.6 Å². The van der Waals surface area contributed by atoms with Gasteiger partial charge in [0.2, 0.25) is 0 Å². The molecule has 4 nitrogen and oxygen atoms in total. The van der Waals surface area contributed by atoms with E-state index in [0.717, 1.165) is 30.4 Å². The summed E-state index contributed by atoms with van der Waals surface area (Å²) in [5.74, 6) is 1.25. The van der Waals surface area contributed by atoms with Crippen LogP contribution in [0.1, 0.15) is 56.5 Å². The molecule has 2 aromatic carbocycles. The van der Waals surface area contributed by atoms with E-state index in [2.05, 4.69) is 45.1 Å². The van der Waals surface area contributed by atoms with Gasteiger partial charge in [0.25, 0.3) is 0 Å². The Labute approximate surface area is 196 Å². The second kappa shape index (κ2) is 7.73. The molecule has 0 radical (unpaired) electrons. The summed E-state index contributed by atoms with van der Waals surface area (Å²) in [6.07, 6.45) is 11.4. The quantitative estimate of drug-likeness (QED) is 0.316. The van der Waals surface area contributed by atoms with Crippen LogP contribution in [0.25, 0.3) is 0 Å². The van der Waals surface area contributed by atoms with Crippen molar-refractivity contribution >= 4 is 33.4 Å². The second-order valence-electron chi connectivity index (χ2n) is 9.31. The van der Waals surface area contributed by atoms with Gasteiger partial charge >= 0.3 is 5.97 Å². The fourth-order valence-corrected chi connectivity index (χ4v) is 6.19. The number of nitrogens with zero attached hydrogens (tertiary/aromatic N) is 1. The zero-order valence-corrected chi connectivity index (χ0v) is 19.3. The van der Waals surface area contributed by atoms with Crippen molar-refractivity contribution in [1.82, 2.24) is 0 Å². The summed E-state index contributed by atoms with van der Waals surface area (Å²) in [7, 11) is 0. The van der Waals surface area contributed by atoms with E-state index >= 15 is 0 Å². The molecule has 2 aromatic rings. The molecule has 6 rings (SSSR count). The number of hydrogen-bond donors (Lipinski definition) is 0. The van der Waals surface area contributed by atoms with E-state index in [-0.39, 0.29) is 12.4 Å². The van der Waals surface area contributed by atoms with E-state index < -0.39 is 5.97 Å². The number of carbonyl (C=O) groups excluding carboxylic acids is 2. The molecule has 0 bridgehead atoms. The van der Waals surface area contributed by atoms with Crippen LogP contribution in [0.15, 0.2) is 65.2 Å². The van der Waals surface area contributed by atoms with E-state index in [1.165, 1.54) is 16.8 Å². The molecule has 4 atom stereocenters. The van der Waals surface area contributed by atoms with Crippen LogP contribution in [0, 0.1) is 11.8 Å². The predicted octanol–water partition coefficient (Wildman–Crippen LogP) is 5.64. The van der Waals surface area contributed by atoms with Gasteiger partial charge in [-0.1, -0.05) is 52.4 Å². The van der Waals surface area contributed by atoms with Gasteiger partial charge in [-0.25, -0.2) is 4.79 Å². The number of Topliss-reactive ketones (excluding diaryl/α,β-unsaturated/α-hetero) is 1. The fraction of sp³-hybridized carbons (Fsp3) is 0.333. The molecule has 0 N–H and O–H groups in total. The highest BCUT2D eigenvalue weighted by molar-refractivity contribution is 9.10. The number of ether oxygens (including phenoxy) is 1. The standard InChI is InChI=1S/C27H24BrNO3/c28-20-9-7-16(8-10-20)25(30)15-32-27(31)19-11-23-21-5-1-3-17(21)13-29-14-18-4-2-6-22(18)24(12-19)26(23)29/h1-2,5-12,17-18,21-22H,3-4,13-15H2/t17-,18-,21-,22-/m1/s1. The summed E-state index contributed by atoms with van der Waals surface area (Å²) in [6, 6.07) is 11.1. The van der Waals surface area contributed by atoms with Gasteiger partial charge in [-0.15, -0.1) is 0 Å². The summed E-state index contributed by atoms with van der Waals surface area (Å²) in [4.78, 5) is 28.1. The van der Waals surface area contributed by atoms with E-state index in [4.69, 9.17) is 4.74 Å². The lowest BCUT2D eigenvalue weighted by Crippen LogP contribution is -2.43. The molecule has 5 heteroatoms. The van der Waals surface area contributed by atoms with Crippen LogP contribution in [-0.4, -0.2) is 31.4 Å². The molecule has 0 saturated carbocycles. The summed E-state index contributed by atoms with van der Waals surface area (Å²) >= 11 is 3.37. The molecule has 32 heavy (non-hydrogen) atoms. The Morgan fingerprint density at radius 2 is 1.50 bits per heavy atom. The van der Waals surface area contributed by atoms with E-state index in [0.29, 0.717) is 34.8 Å². The Morgan fingerprint density at radius 1 is 0.906 bits per heavy atom. The smallest absolute Gasteiger partial charge is 0.338 e. The first kappa shape index (κ1) is 20.0. The molecule has 0 aromatic heterocycles. The van der Waals surface area contributed by atoms with Crippen molar-refractivity contribution in [2.75, 3.05) is 24.6 Å². The number of fused-ring (bicyclic) bond motifs is 4. The maximum atomic E-state index is 13.0. The Morgan fingerprint density at radius 3 is 2.09 bits per heavy atom. The first-order valence-electron chi connectivity index (χ1n) is 11.3. The van der Waals surface area contributed by atoms with Crippen molar-refractivity contribution < 1.29 is 14.3 Å². The molecule has 0 saturated heterocycles. The zero-order valence-electron chi connectivity index (χ0n) is 17.7. The van der Waals surface area contributed by atoms with E-state index in [1.54, 1.807) is 12.1 Å². The highest BCUT2D eigenvalue weighted by Crippen LogP contribution is 2.53. The summed E-state index contributed by atoms with van der Waals surface area (Å²) in [5.41, 5.74) is 4.92. The zero-order chi connectivity index (χ0) is 21.8. The van der Waals surface area contributed by atoms with Crippen LogP contribution in [-0.2, 0) is 4.74 Å². The number of benzene rings is 2. The fourth-order valence-electron chi connectivity index (χ4n) is 5.93. The molecular weight excluding hydrogens is 466 g/mol. The highest BCUT2D eigenvalue weighted by Gasteiger charge is 2.42. The monoisotopic (exact) mass is 489 g/mol. The second-order valence-corrected chi connectivity index (χ2v) is 10.2. The van der Waals surface area contributed by atoms with Crippen LogP contribution in [0.3, 0.4) is 0 Å². The van der Waals surface area contributed by atoms with Gasteiger partial charge in [-0.05, 0) is 60.1 Å². The first-order valence-corrected chi connectivity index (χ1v) is 12.1. The molecule has 2 aliphatic carbocycles. The predicted molar refractivity (Wildman–Crippen MR) is 127 cm³/mol. The number of hydrogen-bond acceptors (Lipinski definition) is 4. The van der Waals surface area contributed by atoms with Crippen LogP contribution < -0.4 is 4.90 Å². The third-order valence-electron chi connectivity index (χ3n) is 7.43. The molecule has 2 aliphatic heterocycles. The minimum Gasteiger partial charge on any atom is -0.454 e. The van der Waals surface area contributed by atoms with E-state index in [9.17, 15) is 9.59 Å². The largest absolute Gasteiger partial charge is 0.454 e. The Hall–Kier alpha value is -2.66. The van der Waals surface area contributed by atoms with Gasteiger partial charge in [0.05, 0.1) is 5.56 Å². The van der Waals surface area contributed by atoms with Crippen LogP contribution in [0.5, 0.6) is 0 Å². The third-order valence-corrected chi connectivity index (χ3v) is 7.96. The number of ketones is 1. The number of allylic oxidation sites excluding steroid dienone is 4. The lowest BCUT2D eigenvalue weighted by Gasteiger charge is -2.46. The van der Waals surface area contributed by atoms with Gasteiger partial charge in [0.1, 0.15) is 0 Å². The number of esters is 1. The maximum Gasteiger partial charge on any atom is 0.338 e. The average molecular weight is 490 g/mol. The Balaban J connectivity index is 1.31. The minimum absolute atomic E-state index is 0.200. The molecule has 0 spiro atoms. The number of carbonyl (C=O) groups is 2. The highest BCUT2D eigenvalue weighted by atomic mass is 79.9. The average Bonchev–Trinajstić information content (AvgIpc) is 3.47. The van der Waals surface area contributed by atoms with Crippen LogP contribution >= 0.6 is 15.9 Å². The van der Waals surface area contributed by atoms with Gasteiger partial charge in [0, 0.05) is 40.6 Å². The van der Waals surface area contributed by atoms with Gasteiger partial charge in [-0.2, -0.15) is 0 Å². The summed E-state index contributed by atoms with van der Waals surface area (Å²) in [6.45, 7) is 1.93. The maximum absolute atomic E-state index is 13.0. The molecular formula is C27H24BrNO3. The van der Waals surface area contributed by atoms with Gasteiger partial charge in [0.15, 0.2) is 12.4 Å². The SMILES string of the molecule is O=C(COC(=O)c1cc2c3c(c1)[C@@H]1C=CC[C@@H]1CN3C[C@H]1CC=C[C@@H]21)c1ccc(Br)cc1. The van der Waals surface area contributed by atoms with Crippen molar-refractivity contribution in [2.24, 2.45) is 11.8 Å². The molecule has 0 amide bonds. The lowest BCUT2D eigenvalue weighted by atomic mass is 9.74. The molecule has 162 valence electrons. The van der Waals surface area contributed by atoms with Crippen molar-refractivity contribution in [3.63, 3.8) is 0 Å². The molecule has 4 aliphatic rings. The van der Waals surface area contributed by atoms with Crippen molar-refractivity contribution in [1.29, 1.82) is 0 Å². The number of rotatable bonds is 4. The van der Waals surface area contributed by atoms with Gasteiger partial charge < -0.3 is 9.64 Å². The lowest BCUT2D eigenvalue weighted by molar-refractivity contribution is 0.0474. The van der Waals surface area contributed by atoms with Crippen LogP contribution in [0.2, 0.25) is 0 Å². The third kappa shape index (κ3) is 3.25. The van der Waals surface area contributed by atoms with Gasteiger partial charge in [-0.3, -0.25) is 4.79 Å². The summed E-state index contributed by atoms with van der Waals surface area (Å²) < 4.78 is 6.39. The van der Waals surface area contributed by atoms with Crippen LogP contribution in [0.4, 0.5) is 5.69 Å². The minimum atomic E-state index is -0.422. The van der Waals surface area contributed by atoms with Crippen molar-refractivity contribution in [2.45, 2.75) is 24.7 Å². The number of halogens is 1. The summed E-state index contributed by atoms with van der Waals surface area (Å²) in [5, 5.41) is 0. The molecule has 0 fully saturated rings. The Kier molecular flexibility index (Phi) is 4.83. The molecule has 2 heterocycles. The van der Waals surface area contributed by atoms with Crippen molar-refractivity contribution in [3.8, 4) is 0 Å². The normalized spacial score (nSPS) is 26.5. The molecule has 0 unspecified atom stereocenters. The van der Waals surface area contributed by atoms with E-state index in [1.807, 2.05) is 24.3 Å². The Bertz CT molecular complexity index is 1110. The first-order chi connectivity index (χ1) is 15.6.